The second-order valence-corrected chi connectivity index (χ2v) is 8.74. The summed E-state index contributed by atoms with van der Waals surface area (Å²) in [4.78, 5) is 0. The van der Waals surface area contributed by atoms with Gasteiger partial charge in [-0.3, -0.25) is 0 Å². The molecule has 3 rings (SSSR count). The summed E-state index contributed by atoms with van der Waals surface area (Å²) in [6.45, 7) is 6.67. The highest BCUT2D eigenvalue weighted by molar-refractivity contribution is 5.85. The predicted octanol–water partition coefficient (Wildman–Crippen LogP) is 4.33. The molecular weight excluding hydrogens is 386 g/mol. The second kappa shape index (κ2) is 10.4. The van der Waals surface area contributed by atoms with Gasteiger partial charge in [0.05, 0.1) is 5.60 Å². The van der Waals surface area contributed by atoms with Crippen LogP contribution in [0.1, 0.15) is 37.8 Å². The Hall–Kier alpha value is -1.59. The molecule has 1 saturated heterocycles. The highest BCUT2D eigenvalue weighted by Gasteiger charge is 2.45. The lowest BCUT2D eigenvalue weighted by atomic mass is 9.63. The highest BCUT2D eigenvalue weighted by atomic mass is 35.5. The van der Waals surface area contributed by atoms with Gasteiger partial charge in [0.15, 0.2) is 0 Å². The molecule has 2 atom stereocenters. The fourth-order valence-electron chi connectivity index (χ4n) is 4.64. The molecule has 0 aliphatic carbocycles. The van der Waals surface area contributed by atoms with E-state index in [4.69, 9.17) is 4.74 Å². The van der Waals surface area contributed by atoms with Crippen molar-refractivity contribution in [3.8, 4) is 5.75 Å². The Morgan fingerprint density at radius 3 is 2.34 bits per heavy atom. The number of aliphatic hydroxyl groups is 1. The number of aliphatic hydroxyl groups excluding tert-OH is 1. The summed E-state index contributed by atoms with van der Waals surface area (Å²) >= 11 is 0. The van der Waals surface area contributed by atoms with Gasteiger partial charge >= 0.3 is 0 Å². The molecule has 1 aliphatic heterocycles. The van der Waals surface area contributed by atoms with Crippen molar-refractivity contribution in [3.63, 3.8) is 0 Å². The maximum atomic E-state index is 10.3. The van der Waals surface area contributed by atoms with Gasteiger partial charge < -0.3 is 20.3 Å². The van der Waals surface area contributed by atoms with Crippen molar-refractivity contribution < 1.29 is 14.9 Å². The van der Waals surface area contributed by atoms with E-state index in [1.165, 1.54) is 5.56 Å². The predicted molar refractivity (Wildman–Crippen MR) is 119 cm³/mol. The minimum atomic E-state index is -0.183. The first-order valence-corrected chi connectivity index (χ1v) is 10.2. The third-order valence-corrected chi connectivity index (χ3v) is 6.01. The van der Waals surface area contributed by atoms with Gasteiger partial charge in [0.1, 0.15) is 5.75 Å². The molecule has 1 fully saturated rings. The van der Waals surface area contributed by atoms with Crippen LogP contribution in [0.3, 0.4) is 0 Å². The molecule has 0 amide bonds. The number of rotatable bonds is 8. The summed E-state index contributed by atoms with van der Waals surface area (Å²) in [5.41, 5.74) is 2.26. The second-order valence-electron chi connectivity index (χ2n) is 8.74. The van der Waals surface area contributed by atoms with Gasteiger partial charge in [-0.1, -0.05) is 42.5 Å². The maximum Gasteiger partial charge on any atom is 0.115 e. The zero-order valence-electron chi connectivity index (χ0n) is 17.4. The summed E-state index contributed by atoms with van der Waals surface area (Å²) in [7, 11) is 0. The van der Waals surface area contributed by atoms with Crippen LogP contribution in [-0.2, 0) is 17.7 Å². The van der Waals surface area contributed by atoms with Crippen molar-refractivity contribution >= 4 is 12.4 Å². The third kappa shape index (κ3) is 6.45. The molecule has 5 heteroatoms. The minimum absolute atomic E-state index is 0. The lowest BCUT2D eigenvalue weighted by Crippen LogP contribution is -2.50. The van der Waals surface area contributed by atoms with E-state index < -0.39 is 0 Å². The molecule has 4 nitrogen and oxygen atoms in total. The third-order valence-electron chi connectivity index (χ3n) is 6.01. The number of aromatic hydroxyl groups is 1. The van der Waals surface area contributed by atoms with E-state index in [1.807, 2.05) is 18.2 Å². The number of hydrogen-bond donors (Lipinski definition) is 3. The fourth-order valence-corrected chi connectivity index (χ4v) is 4.64. The summed E-state index contributed by atoms with van der Waals surface area (Å²) in [5, 5.41) is 23.3. The number of ether oxygens (including phenoxy) is 1. The average Bonchev–Trinajstić information content (AvgIpc) is 2.66. The first-order valence-electron chi connectivity index (χ1n) is 10.2. The van der Waals surface area contributed by atoms with Crippen LogP contribution in [0.15, 0.2) is 54.6 Å². The van der Waals surface area contributed by atoms with Gasteiger partial charge in [-0.05, 0) is 61.8 Å². The zero-order valence-corrected chi connectivity index (χ0v) is 18.3. The zero-order chi connectivity index (χ0) is 20.0. The molecule has 1 heterocycles. The molecular formula is C24H34ClNO3. The van der Waals surface area contributed by atoms with E-state index >= 15 is 0 Å². The van der Waals surface area contributed by atoms with Gasteiger partial charge in [-0.15, -0.1) is 12.4 Å². The van der Waals surface area contributed by atoms with Crippen molar-refractivity contribution in [2.45, 2.75) is 45.3 Å². The van der Waals surface area contributed by atoms with Crippen LogP contribution in [0.25, 0.3) is 0 Å². The molecule has 2 aromatic carbocycles. The van der Waals surface area contributed by atoms with Crippen LogP contribution in [0, 0.1) is 11.3 Å². The van der Waals surface area contributed by atoms with Crippen LogP contribution in [-0.4, -0.2) is 35.6 Å². The lowest BCUT2D eigenvalue weighted by Gasteiger charge is -2.49. The highest BCUT2D eigenvalue weighted by Crippen LogP contribution is 2.46. The molecule has 0 radical (unpaired) electrons. The van der Waals surface area contributed by atoms with Crippen LogP contribution in [0.4, 0.5) is 0 Å². The maximum absolute atomic E-state index is 10.3. The Morgan fingerprint density at radius 2 is 1.72 bits per heavy atom. The smallest absolute Gasteiger partial charge is 0.115 e. The molecule has 0 aromatic heterocycles. The van der Waals surface area contributed by atoms with Gasteiger partial charge in [0, 0.05) is 32.2 Å². The van der Waals surface area contributed by atoms with Gasteiger partial charge in [-0.25, -0.2) is 0 Å². The quantitative estimate of drug-likeness (QED) is 0.596. The first kappa shape index (κ1) is 23.7. The van der Waals surface area contributed by atoms with Gasteiger partial charge in [0.2, 0.25) is 0 Å². The normalized spacial score (nSPS) is 21.9. The topological polar surface area (TPSA) is 61.7 Å². The van der Waals surface area contributed by atoms with Crippen molar-refractivity contribution in [3.05, 3.63) is 65.7 Å². The van der Waals surface area contributed by atoms with E-state index in [2.05, 4.69) is 43.4 Å². The largest absolute Gasteiger partial charge is 0.508 e. The van der Waals surface area contributed by atoms with Crippen LogP contribution in [0.5, 0.6) is 5.75 Å². The monoisotopic (exact) mass is 419 g/mol. The Morgan fingerprint density at radius 1 is 1.03 bits per heavy atom. The molecule has 2 aromatic rings. The van der Waals surface area contributed by atoms with Crippen molar-refractivity contribution in [1.82, 2.24) is 5.32 Å². The molecule has 0 spiro atoms. The molecule has 29 heavy (non-hydrogen) atoms. The van der Waals surface area contributed by atoms with Gasteiger partial charge in [0.25, 0.3) is 0 Å². The molecule has 0 saturated carbocycles. The van der Waals surface area contributed by atoms with Crippen LogP contribution >= 0.6 is 12.4 Å². The minimum Gasteiger partial charge on any atom is -0.508 e. The van der Waals surface area contributed by atoms with Crippen LogP contribution < -0.4 is 5.32 Å². The van der Waals surface area contributed by atoms with Crippen molar-refractivity contribution in [2.75, 3.05) is 19.8 Å². The Bertz CT molecular complexity index is 736. The molecule has 1 aliphatic rings. The van der Waals surface area contributed by atoms with Crippen molar-refractivity contribution in [2.24, 2.45) is 11.3 Å². The standard InChI is InChI=1S/C24H33NO3.ClH/c1-23(2)18-24(12-13-28-23,14-19-6-4-3-5-7-19)21(17-26)16-25-15-20-8-10-22(27)11-9-20;/h3-11,21,25-27H,12-18H2,1-2H3;1H. The average molecular weight is 420 g/mol. The van der Waals surface area contributed by atoms with E-state index in [0.717, 1.165) is 44.5 Å². The van der Waals surface area contributed by atoms with Gasteiger partial charge in [-0.2, -0.15) is 0 Å². The van der Waals surface area contributed by atoms with E-state index in [0.29, 0.717) is 0 Å². The summed E-state index contributed by atoms with van der Waals surface area (Å²) in [6.07, 6.45) is 2.84. The summed E-state index contributed by atoms with van der Waals surface area (Å²) in [5.74, 6) is 0.427. The molecule has 2 unspecified atom stereocenters. The number of hydrogen-bond acceptors (Lipinski definition) is 4. The number of phenolic OH excluding ortho intramolecular Hbond substituents is 1. The lowest BCUT2D eigenvalue weighted by molar-refractivity contribution is -0.127. The molecule has 160 valence electrons. The Kier molecular flexibility index (Phi) is 8.53. The molecule has 0 bridgehead atoms. The van der Waals surface area contributed by atoms with Crippen molar-refractivity contribution in [1.29, 1.82) is 0 Å². The number of benzene rings is 2. The Balaban J connectivity index is 0.00000300. The number of nitrogens with one attached hydrogen (secondary N) is 1. The van der Waals surface area contributed by atoms with E-state index in [9.17, 15) is 10.2 Å². The first-order chi connectivity index (χ1) is 13.4. The fraction of sp³-hybridized carbons (Fsp3) is 0.500. The SMILES string of the molecule is CC1(C)CC(Cc2ccccc2)(C(CO)CNCc2ccc(O)cc2)CCO1.Cl. The van der Waals surface area contributed by atoms with E-state index in [-0.39, 0.29) is 41.7 Å². The van der Waals surface area contributed by atoms with E-state index in [1.54, 1.807) is 12.1 Å². The number of halogens is 1. The number of phenols is 1. The Labute approximate surface area is 180 Å². The molecule has 3 N–H and O–H groups in total. The summed E-state index contributed by atoms with van der Waals surface area (Å²) in [6, 6.07) is 17.9. The van der Waals surface area contributed by atoms with Crippen LogP contribution in [0.2, 0.25) is 0 Å². The summed E-state index contributed by atoms with van der Waals surface area (Å²) < 4.78 is 6.01.